The number of ether oxygens (including phenoxy) is 1. The van der Waals surface area contributed by atoms with Gasteiger partial charge in [-0.05, 0) is 12.1 Å². The van der Waals surface area contributed by atoms with Gasteiger partial charge in [0.1, 0.15) is 23.2 Å². The van der Waals surface area contributed by atoms with Gasteiger partial charge < -0.3 is 14.6 Å². The van der Waals surface area contributed by atoms with Crippen LogP contribution in [0.25, 0.3) is 0 Å². The molecule has 3 rings (SSSR count). The Labute approximate surface area is 152 Å². The first-order valence-corrected chi connectivity index (χ1v) is 8.80. The van der Waals surface area contributed by atoms with Crippen molar-refractivity contribution in [2.24, 2.45) is 0 Å². The summed E-state index contributed by atoms with van der Waals surface area (Å²) >= 11 is 0. The van der Waals surface area contributed by atoms with Gasteiger partial charge in [0, 0.05) is 49.9 Å². The molecule has 0 unspecified atom stereocenters. The van der Waals surface area contributed by atoms with Gasteiger partial charge in [0.2, 0.25) is 0 Å². The van der Waals surface area contributed by atoms with E-state index in [0.717, 1.165) is 18.6 Å². The number of H-pyrrole nitrogens is 1. The molecule has 0 atom stereocenters. The highest BCUT2D eigenvalue weighted by Gasteiger charge is 2.27. The van der Waals surface area contributed by atoms with E-state index in [2.05, 4.69) is 15.0 Å². The second-order valence-electron chi connectivity index (χ2n) is 7.52. The zero-order valence-electron chi connectivity index (χ0n) is 15.4. The van der Waals surface area contributed by atoms with Crippen molar-refractivity contribution in [3.05, 3.63) is 52.5 Å². The second kappa shape index (κ2) is 7.27. The maximum atomic E-state index is 12.7. The average molecular weight is 356 g/mol. The number of aromatic nitrogens is 3. The lowest BCUT2D eigenvalue weighted by Crippen LogP contribution is -2.43. The summed E-state index contributed by atoms with van der Waals surface area (Å²) in [5, 5.41) is 0. The predicted octanol–water partition coefficient (Wildman–Crippen LogP) is 2.15. The number of piperidine rings is 1. The van der Waals surface area contributed by atoms with Gasteiger partial charge in [0.05, 0.1) is 0 Å². The Morgan fingerprint density at radius 3 is 2.46 bits per heavy atom. The van der Waals surface area contributed by atoms with Gasteiger partial charge in [0.25, 0.3) is 11.5 Å². The molecule has 2 aromatic heterocycles. The normalized spacial score (nSPS) is 15.7. The van der Waals surface area contributed by atoms with Crippen molar-refractivity contribution in [2.75, 3.05) is 13.1 Å². The number of hydrogen-bond acceptors (Lipinski definition) is 5. The zero-order chi connectivity index (χ0) is 18.7. The van der Waals surface area contributed by atoms with Crippen molar-refractivity contribution in [3.63, 3.8) is 0 Å². The standard InChI is InChI=1S/C19H24N4O3/c1-19(2,3)18-21-12-15(16(24)22-18)17(25)23-10-6-14(7-11-23)26-13-4-8-20-9-5-13/h4-5,8-9,12,14H,6-7,10-11H2,1-3H3,(H,21,22,24). The molecule has 0 radical (unpaired) electrons. The van der Waals surface area contributed by atoms with Crippen LogP contribution in [0.2, 0.25) is 0 Å². The third kappa shape index (κ3) is 4.09. The number of likely N-dealkylation sites (tertiary alicyclic amines) is 1. The lowest BCUT2D eigenvalue weighted by molar-refractivity contribution is 0.0593. The molecule has 7 nitrogen and oxygen atoms in total. The maximum Gasteiger partial charge on any atom is 0.263 e. The van der Waals surface area contributed by atoms with Gasteiger partial charge in [0.15, 0.2) is 0 Å². The summed E-state index contributed by atoms with van der Waals surface area (Å²) in [5.74, 6) is 1.08. The van der Waals surface area contributed by atoms with E-state index in [0.29, 0.717) is 18.9 Å². The number of nitrogens with one attached hydrogen (secondary N) is 1. The van der Waals surface area contributed by atoms with Crippen LogP contribution in [-0.2, 0) is 5.41 Å². The highest BCUT2D eigenvalue weighted by atomic mass is 16.5. The molecule has 1 saturated heterocycles. The summed E-state index contributed by atoms with van der Waals surface area (Å²) in [7, 11) is 0. The Morgan fingerprint density at radius 2 is 1.88 bits per heavy atom. The third-order valence-corrected chi connectivity index (χ3v) is 4.42. The molecule has 3 heterocycles. The number of nitrogens with zero attached hydrogens (tertiary/aromatic N) is 3. The number of carbonyl (C=O) groups is 1. The number of carbonyl (C=O) groups excluding carboxylic acids is 1. The highest BCUT2D eigenvalue weighted by molar-refractivity contribution is 5.93. The Hall–Kier alpha value is -2.70. The van der Waals surface area contributed by atoms with Crippen molar-refractivity contribution in [1.29, 1.82) is 0 Å². The predicted molar refractivity (Wildman–Crippen MR) is 97.3 cm³/mol. The van der Waals surface area contributed by atoms with Crippen molar-refractivity contribution in [2.45, 2.75) is 45.1 Å². The molecule has 1 aliphatic heterocycles. The molecule has 0 aromatic carbocycles. The fourth-order valence-corrected chi connectivity index (χ4v) is 2.88. The quantitative estimate of drug-likeness (QED) is 0.910. The largest absolute Gasteiger partial charge is 0.490 e. The lowest BCUT2D eigenvalue weighted by Gasteiger charge is -2.32. The number of rotatable bonds is 3. The molecule has 1 aliphatic rings. The van der Waals surface area contributed by atoms with Crippen LogP contribution < -0.4 is 10.3 Å². The Balaban J connectivity index is 1.63. The number of hydrogen-bond donors (Lipinski definition) is 1. The first kappa shape index (κ1) is 18.1. The third-order valence-electron chi connectivity index (χ3n) is 4.42. The van der Waals surface area contributed by atoms with Crippen LogP contribution in [0.1, 0.15) is 49.8 Å². The van der Waals surface area contributed by atoms with Crippen LogP contribution in [0.3, 0.4) is 0 Å². The molecule has 1 fully saturated rings. The molecule has 7 heteroatoms. The fraction of sp³-hybridized carbons (Fsp3) is 0.474. The molecular formula is C19H24N4O3. The van der Waals surface area contributed by atoms with E-state index >= 15 is 0 Å². The molecule has 1 amide bonds. The maximum absolute atomic E-state index is 12.7. The van der Waals surface area contributed by atoms with Crippen LogP contribution in [0.5, 0.6) is 5.75 Å². The fourth-order valence-electron chi connectivity index (χ4n) is 2.88. The minimum atomic E-state index is -0.384. The zero-order valence-corrected chi connectivity index (χ0v) is 15.4. The second-order valence-corrected chi connectivity index (χ2v) is 7.52. The Bertz CT molecular complexity index is 819. The number of pyridine rings is 1. The van der Waals surface area contributed by atoms with E-state index in [9.17, 15) is 9.59 Å². The van der Waals surface area contributed by atoms with Gasteiger partial charge >= 0.3 is 0 Å². The van der Waals surface area contributed by atoms with Crippen LogP contribution in [0, 0.1) is 0 Å². The first-order valence-electron chi connectivity index (χ1n) is 8.80. The van der Waals surface area contributed by atoms with Crippen molar-refractivity contribution >= 4 is 5.91 Å². The van der Waals surface area contributed by atoms with Crippen molar-refractivity contribution in [1.82, 2.24) is 19.9 Å². The molecule has 138 valence electrons. The number of aromatic amines is 1. The van der Waals surface area contributed by atoms with Gasteiger partial charge in [-0.25, -0.2) is 4.98 Å². The SMILES string of the molecule is CC(C)(C)c1ncc(C(=O)N2CCC(Oc3ccncc3)CC2)c(=O)[nH]1. The van der Waals surface area contributed by atoms with Crippen molar-refractivity contribution < 1.29 is 9.53 Å². The Morgan fingerprint density at radius 1 is 1.23 bits per heavy atom. The summed E-state index contributed by atoms with van der Waals surface area (Å²) in [4.78, 5) is 37.6. The molecule has 0 spiro atoms. The van der Waals surface area contributed by atoms with Gasteiger partial charge in [-0.1, -0.05) is 20.8 Å². The monoisotopic (exact) mass is 356 g/mol. The lowest BCUT2D eigenvalue weighted by atomic mass is 9.95. The molecular weight excluding hydrogens is 332 g/mol. The van der Waals surface area contributed by atoms with Crippen molar-refractivity contribution in [3.8, 4) is 5.75 Å². The minimum absolute atomic E-state index is 0.0566. The summed E-state index contributed by atoms with van der Waals surface area (Å²) < 4.78 is 5.91. The average Bonchev–Trinajstić information content (AvgIpc) is 2.62. The van der Waals surface area contributed by atoms with E-state index in [1.54, 1.807) is 17.3 Å². The molecule has 26 heavy (non-hydrogen) atoms. The summed E-state index contributed by atoms with van der Waals surface area (Å²) in [6.45, 7) is 6.98. The van der Waals surface area contributed by atoms with Gasteiger partial charge in [-0.2, -0.15) is 0 Å². The smallest absolute Gasteiger partial charge is 0.263 e. The van der Waals surface area contributed by atoms with E-state index in [1.165, 1.54) is 6.20 Å². The van der Waals surface area contributed by atoms with Gasteiger partial charge in [-0.15, -0.1) is 0 Å². The Kier molecular flexibility index (Phi) is 5.06. The van der Waals surface area contributed by atoms with Crippen LogP contribution in [-0.4, -0.2) is 45.0 Å². The van der Waals surface area contributed by atoms with E-state index in [1.807, 2.05) is 32.9 Å². The molecule has 0 bridgehead atoms. The minimum Gasteiger partial charge on any atom is -0.490 e. The highest BCUT2D eigenvalue weighted by Crippen LogP contribution is 2.20. The molecule has 1 N–H and O–H groups in total. The van der Waals surface area contributed by atoms with E-state index < -0.39 is 0 Å². The van der Waals surface area contributed by atoms with E-state index in [4.69, 9.17) is 4.74 Å². The summed E-state index contributed by atoms with van der Waals surface area (Å²) in [5.41, 5.74) is -0.569. The summed E-state index contributed by atoms with van der Waals surface area (Å²) in [6.07, 6.45) is 6.27. The summed E-state index contributed by atoms with van der Waals surface area (Å²) in [6, 6.07) is 3.64. The van der Waals surface area contributed by atoms with Crippen LogP contribution >= 0.6 is 0 Å². The molecule has 0 aliphatic carbocycles. The van der Waals surface area contributed by atoms with Gasteiger partial charge in [-0.3, -0.25) is 14.6 Å². The molecule has 0 saturated carbocycles. The van der Waals surface area contributed by atoms with E-state index in [-0.39, 0.29) is 28.5 Å². The topological polar surface area (TPSA) is 88.2 Å². The number of amides is 1. The molecule has 2 aromatic rings. The van der Waals surface area contributed by atoms with Crippen LogP contribution in [0.4, 0.5) is 0 Å². The van der Waals surface area contributed by atoms with Crippen LogP contribution in [0.15, 0.2) is 35.5 Å². The first-order chi connectivity index (χ1) is 12.3.